The second-order valence-electron chi connectivity index (χ2n) is 2.05. The molecular weight excluding hydrogens is 156 g/mol. The van der Waals surface area contributed by atoms with Crippen LogP contribution in [0.2, 0.25) is 0 Å². The monoisotopic (exact) mass is 166 g/mol. The predicted molar refractivity (Wildman–Crippen MR) is 38.0 cm³/mol. The van der Waals surface area contributed by atoms with Gasteiger partial charge in [0.2, 0.25) is 0 Å². The van der Waals surface area contributed by atoms with Gasteiger partial charge in [-0.1, -0.05) is 0 Å². The van der Waals surface area contributed by atoms with Crippen molar-refractivity contribution in [2.45, 2.75) is 25.3 Å². The van der Waals surface area contributed by atoms with Crippen molar-refractivity contribution in [2.75, 3.05) is 6.61 Å². The number of alkyl halides is 1. The summed E-state index contributed by atoms with van der Waals surface area (Å²) in [4.78, 5) is 10.6. The van der Waals surface area contributed by atoms with Crippen molar-refractivity contribution in [3.63, 3.8) is 0 Å². The molecule has 0 aromatic rings. The van der Waals surface area contributed by atoms with E-state index in [-0.39, 0.29) is 6.61 Å². The van der Waals surface area contributed by atoms with Crippen LogP contribution in [0.4, 0.5) is 0 Å². The van der Waals surface area contributed by atoms with E-state index in [1.54, 1.807) is 6.92 Å². The van der Waals surface area contributed by atoms with E-state index < -0.39 is 17.5 Å². The molecule has 0 bridgehead atoms. The Hall–Kier alpha value is -0.280. The molecule has 0 saturated carbocycles. The molecule has 2 atom stereocenters. The number of ether oxygens (including phenoxy) is 1. The van der Waals surface area contributed by atoms with Crippen LogP contribution in [0.3, 0.4) is 0 Å². The maximum atomic E-state index is 10.6. The van der Waals surface area contributed by atoms with E-state index in [9.17, 15) is 4.79 Å². The van der Waals surface area contributed by atoms with Gasteiger partial charge in [0, 0.05) is 0 Å². The average Bonchev–Trinajstić information content (AvgIpc) is 1.87. The first-order chi connectivity index (χ1) is 4.57. The number of carbonyl (C=O) groups is 1. The fraction of sp³-hybridized carbons (Fsp3) is 0.833. The van der Waals surface area contributed by atoms with E-state index in [2.05, 4.69) is 4.74 Å². The summed E-state index contributed by atoms with van der Waals surface area (Å²) in [6.07, 6.45) is -0.464. The Morgan fingerprint density at radius 3 is 2.50 bits per heavy atom. The van der Waals surface area contributed by atoms with Crippen LogP contribution in [0.15, 0.2) is 0 Å². The first-order valence-corrected chi connectivity index (χ1v) is 3.47. The summed E-state index contributed by atoms with van der Waals surface area (Å²) in [5.41, 5.74) is 0. The minimum absolute atomic E-state index is 0.171. The Balaban J connectivity index is 3.57. The first-order valence-electron chi connectivity index (χ1n) is 3.03. The van der Waals surface area contributed by atoms with Crippen molar-refractivity contribution < 1.29 is 14.6 Å². The summed E-state index contributed by atoms with van der Waals surface area (Å²) in [5, 5.41) is 7.80. The first kappa shape index (κ1) is 9.72. The van der Waals surface area contributed by atoms with Gasteiger partial charge in [-0.15, -0.1) is 11.6 Å². The number of esters is 1. The Bertz CT molecular complexity index is 114. The van der Waals surface area contributed by atoms with Crippen LogP contribution in [-0.2, 0) is 9.53 Å². The molecule has 0 radical (unpaired) electrons. The van der Waals surface area contributed by atoms with Crippen molar-refractivity contribution in [3.05, 3.63) is 0 Å². The molecule has 0 aromatic heterocycles. The molecule has 0 aromatic carbocycles. The zero-order valence-corrected chi connectivity index (χ0v) is 6.76. The number of aliphatic hydroxyl groups is 1. The van der Waals surface area contributed by atoms with Crippen LogP contribution in [0.25, 0.3) is 0 Å². The molecule has 0 aliphatic carbocycles. The van der Waals surface area contributed by atoms with Crippen molar-refractivity contribution in [2.24, 2.45) is 0 Å². The predicted octanol–water partition coefficient (Wildman–Crippen LogP) is 0.538. The van der Waals surface area contributed by atoms with Gasteiger partial charge in [-0.3, -0.25) is 4.79 Å². The third kappa shape index (κ3) is 3.69. The highest BCUT2D eigenvalue weighted by atomic mass is 35.5. The Labute approximate surface area is 64.9 Å². The van der Waals surface area contributed by atoms with Gasteiger partial charge < -0.3 is 9.84 Å². The van der Waals surface area contributed by atoms with E-state index in [0.29, 0.717) is 0 Å². The lowest BCUT2D eigenvalue weighted by atomic mass is 10.4. The van der Waals surface area contributed by atoms with Gasteiger partial charge in [-0.05, 0) is 13.8 Å². The summed E-state index contributed by atoms with van der Waals surface area (Å²) in [6, 6.07) is 0. The molecule has 0 fully saturated rings. The van der Waals surface area contributed by atoms with Gasteiger partial charge in [0.25, 0.3) is 0 Å². The molecule has 1 N–H and O–H groups in total. The fourth-order valence-electron chi connectivity index (χ4n) is 0.329. The second-order valence-corrected chi connectivity index (χ2v) is 2.70. The van der Waals surface area contributed by atoms with E-state index in [1.807, 2.05) is 0 Å². The highest BCUT2D eigenvalue weighted by Gasteiger charge is 2.13. The summed E-state index contributed by atoms with van der Waals surface area (Å²) < 4.78 is 4.64. The third-order valence-corrected chi connectivity index (χ3v) is 1.08. The zero-order valence-electron chi connectivity index (χ0n) is 6.00. The normalized spacial score (nSPS) is 16.0. The van der Waals surface area contributed by atoms with E-state index >= 15 is 0 Å². The quantitative estimate of drug-likeness (QED) is 0.492. The van der Waals surface area contributed by atoms with Gasteiger partial charge in [-0.2, -0.15) is 0 Å². The summed E-state index contributed by atoms with van der Waals surface area (Å²) in [6.45, 7) is 2.94. The maximum absolute atomic E-state index is 10.6. The molecule has 0 aliphatic rings. The summed E-state index contributed by atoms with van der Waals surface area (Å²) in [5.74, 6) is -0.497. The van der Waals surface area contributed by atoms with Gasteiger partial charge in [-0.25, -0.2) is 0 Å². The highest BCUT2D eigenvalue weighted by Crippen LogP contribution is 1.99. The van der Waals surface area contributed by atoms with E-state index in [4.69, 9.17) is 16.7 Å². The molecule has 0 saturated heterocycles. The van der Waals surface area contributed by atoms with Crippen LogP contribution >= 0.6 is 11.6 Å². The van der Waals surface area contributed by atoms with Gasteiger partial charge in [0.05, 0.1) is 6.61 Å². The number of carbonyl (C=O) groups excluding carboxylic acids is 1. The Kier molecular flexibility index (Phi) is 4.40. The van der Waals surface area contributed by atoms with Crippen molar-refractivity contribution in [1.29, 1.82) is 0 Å². The lowest BCUT2D eigenvalue weighted by Gasteiger charge is -2.10. The molecule has 0 aliphatic heterocycles. The molecule has 0 amide bonds. The third-order valence-electron chi connectivity index (χ3n) is 0.899. The lowest BCUT2D eigenvalue weighted by molar-refractivity contribution is -0.149. The van der Waals surface area contributed by atoms with Crippen LogP contribution in [0, 0.1) is 0 Å². The van der Waals surface area contributed by atoms with Gasteiger partial charge >= 0.3 is 5.97 Å². The van der Waals surface area contributed by atoms with Crippen LogP contribution < -0.4 is 0 Å². The smallest absolute Gasteiger partial charge is 0.324 e. The van der Waals surface area contributed by atoms with Crippen molar-refractivity contribution in [1.82, 2.24) is 0 Å². The SMILES string of the molecule is CC(CO)OC(=O)C(C)Cl. The fourth-order valence-corrected chi connectivity index (χ4v) is 0.381. The second kappa shape index (κ2) is 4.52. The number of aliphatic hydroxyl groups excluding tert-OH is 1. The number of rotatable bonds is 3. The molecule has 3 nitrogen and oxygen atoms in total. The number of halogens is 1. The molecule has 60 valence electrons. The molecule has 4 heteroatoms. The number of hydrogen-bond donors (Lipinski definition) is 1. The van der Waals surface area contributed by atoms with Crippen LogP contribution in [0.5, 0.6) is 0 Å². The molecule has 10 heavy (non-hydrogen) atoms. The zero-order chi connectivity index (χ0) is 8.15. The Morgan fingerprint density at radius 1 is 1.70 bits per heavy atom. The molecule has 0 spiro atoms. The molecule has 0 heterocycles. The molecule has 0 rings (SSSR count). The standard InChI is InChI=1S/C6H11ClO3/c1-4(3-8)10-6(9)5(2)7/h4-5,8H,3H2,1-2H3. The average molecular weight is 167 g/mol. The summed E-state index contributed by atoms with van der Waals surface area (Å²) >= 11 is 5.37. The van der Waals surface area contributed by atoms with Crippen molar-refractivity contribution >= 4 is 17.6 Å². The maximum Gasteiger partial charge on any atom is 0.324 e. The minimum Gasteiger partial charge on any atom is -0.459 e. The highest BCUT2D eigenvalue weighted by molar-refractivity contribution is 6.29. The van der Waals surface area contributed by atoms with Crippen molar-refractivity contribution in [3.8, 4) is 0 Å². The van der Waals surface area contributed by atoms with E-state index in [1.165, 1.54) is 6.92 Å². The van der Waals surface area contributed by atoms with Crippen LogP contribution in [-0.4, -0.2) is 29.2 Å². The van der Waals surface area contributed by atoms with Gasteiger partial charge in [0.1, 0.15) is 11.5 Å². The lowest BCUT2D eigenvalue weighted by Crippen LogP contribution is -2.23. The number of hydrogen-bond acceptors (Lipinski definition) is 3. The topological polar surface area (TPSA) is 46.5 Å². The Morgan fingerprint density at radius 2 is 2.20 bits per heavy atom. The summed E-state index contributed by atoms with van der Waals surface area (Å²) in [7, 11) is 0. The van der Waals surface area contributed by atoms with Crippen LogP contribution in [0.1, 0.15) is 13.8 Å². The van der Waals surface area contributed by atoms with Gasteiger partial charge in [0.15, 0.2) is 0 Å². The minimum atomic E-state index is -0.644. The largest absolute Gasteiger partial charge is 0.459 e. The van der Waals surface area contributed by atoms with E-state index in [0.717, 1.165) is 0 Å². The molecule has 2 unspecified atom stereocenters. The molecular formula is C6H11ClO3.